The number of anilines is 1. The molecule has 0 unspecified atom stereocenters. The maximum atomic E-state index is 11.6. The van der Waals surface area contributed by atoms with Crippen molar-refractivity contribution in [3.05, 3.63) is 40.8 Å². The maximum absolute atomic E-state index is 11.6. The van der Waals surface area contributed by atoms with Crippen LogP contribution in [0.4, 0.5) is 5.82 Å². The van der Waals surface area contributed by atoms with Crippen LogP contribution in [0.25, 0.3) is 0 Å². The number of ether oxygens (including phenoxy) is 1. The first-order valence-corrected chi connectivity index (χ1v) is 7.49. The van der Waals surface area contributed by atoms with Gasteiger partial charge in [-0.3, -0.25) is 0 Å². The van der Waals surface area contributed by atoms with Gasteiger partial charge in [0.25, 0.3) is 0 Å². The van der Waals surface area contributed by atoms with Crippen LogP contribution in [-0.2, 0) is 10.5 Å². The number of esters is 1. The van der Waals surface area contributed by atoms with E-state index in [9.17, 15) is 4.79 Å². The maximum Gasteiger partial charge on any atom is 0.343 e. The number of aromatic nitrogens is 3. The molecule has 0 saturated heterocycles. The van der Waals surface area contributed by atoms with Crippen LogP contribution in [0, 0.1) is 0 Å². The molecule has 0 aromatic carbocycles. The summed E-state index contributed by atoms with van der Waals surface area (Å²) in [7, 11) is 0. The predicted molar refractivity (Wildman–Crippen MR) is 81.2 cm³/mol. The van der Waals surface area contributed by atoms with Gasteiger partial charge in [-0.15, -0.1) is 0 Å². The van der Waals surface area contributed by atoms with Crippen molar-refractivity contribution in [2.45, 2.75) is 17.8 Å². The summed E-state index contributed by atoms with van der Waals surface area (Å²) in [6.07, 6.45) is 3.01. The standard InChI is InChI=1S/C13H13ClN4O2S/c1-2-20-12(19)9-6-17-13(18-11(9)15)21-7-8-3-4-16-10(14)5-8/h3-6H,2,7H2,1H3,(H2,15,17,18). The van der Waals surface area contributed by atoms with Crippen molar-refractivity contribution in [3.63, 3.8) is 0 Å². The smallest absolute Gasteiger partial charge is 0.343 e. The Hall–Kier alpha value is -1.86. The van der Waals surface area contributed by atoms with Crippen LogP contribution in [0.5, 0.6) is 0 Å². The number of carbonyl (C=O) groups is 1. The molecule has 0 aliphatic carbocycles. The van der Waals surface area contributed by atoms with Crippen LogP contribution in [0.2, 0.25) is 5.15 Å². The number of rotatable bonds is 5. The molecule has 0 amide bonds. The third-order valence-electron chi connectivity index (χ3n) is 2.45. The molecule has 21 heavy (non-hydrogen) atoms. The Labute approximate surface area is 131 Å². The number of hydrogen-bond acceptors (Lipinski definition) is 7. The van der Waals surface area contributed by atoms with Gasteiger partial charge in [0.15, 0.2) is 5.16 Å². The minimum Gasteiger partial charge on any atom is -0.462 e. The van der Waals surface area contributed by atoms with Crippen molar-refractivity contribution in [2.24, 2.45) is 0 Å². The molecule has 0 bridgehead atoms. The van der Waals surface area contributed by atoms with Crippen LogP contribution in [-0.4, -0.2) is 27.5 Å². The lowest BCUT2D eigenvalue weighted by Gasteiger charge is -2.06. The summed E-state index contributed by atoms with van der Waals surface area (Å²) >= 11 is 7.20. The van der Waals surface area contributed by atoms with Gasteiger partial charge in [0.2, 0.25) is 0 Å². The molecule has 0 fully saturated rings. The van der Waals surface area contributed by atoms with E-state index in [2.05, 4.69) is 15.0 Å². The third-order valence-corrected chi connectivity index (χ3v) is 3.59. The number of nitrogens with zero attached hydrogens (tertiary/aromatic N) is 3. The Morgan fingerprint density at radius 2 is 2.29 bits per heavy atom. The molecule has 0 radical (unpaired) electrons. The number of hydrogen-bond donors (Lipinski definition) is 1. The first kappa shape index (κ1) is 15.5. The molecular formula is C13H13ClN4O2S. The highest BCUT2D eigenvalue weighted by molar-refractivity contribution is 7.98. The van der Waals surface area contributed by atoms with Gasteiger partial charge >= 0.3 is 5.97 Å². The molecule has 0 spiro atoms. The third kappa shape index (κ3) is 4.30. The number of pyridine rings is 1. The second-order valence-electron chi connectivity index (χ2n) is 3.95. The summed E-state index contributed by atoms with van der Waals surface area (Å²) in [5, 5.41) is 0.916. The Morgan fingerprint density at radius 3 is 2.95 bits per heavy atom. The van der Waals surface area contributed by atoms with Gasteiger partial charge in [-0.1, -0.05) is 23.4 Å². The minimum absolute atomic E-state index is 0.110. The minimum atomic E-state index is -0.521. The van der Waals surface area contributed by atoms with E-state index in [-0.39, 0.29) is 18.0 Å². The molecule has 2 N–H and O–H groups in total. The van der Waals surface area contributed by atoms with Crippen LogP contribution in [0.15, 0.2) is 29.7 Å². The molecule has 0 aliphatic rings. The second-order valence-corrected chi connectivity index (χ2v) is 5.28. The van der Waals surface area contributed by atoms with E-state index in [1.807, 2.05) is 6.07 Å². The summed E-state index contributed by atoms with van der Waals surface area (Å²) in [6, 6.07) is 3.63. The average Bonchev–Trinajstić information content (AvgIpc) is 2.45. The Morgan fingerprint density at radius 1 is 1.48 bits per heavy atom. The lowest BCUT2D eigenvalue weighted by molar-refractivity contribution is 0.0526. The fourth-order valence-electron chi connectivity index (χ4n) is 1.49. The first-order chi connectivity index (χ1) is 10.1. The highest BCUT2D eigenvalue weighted by Gasteiger charge is 2.13. The average molecular weight is 325 g/mol. The fourth-order valence-corrected chi connectivity index (χ4v) is 2.46. The van der Waals surface area contributed by atoms with Gasteiger partial charge < -0.3 is 10.5 Å². The molecule has 2 aromatic heterocycles. The summed E-state index contributed by atoms with van der Waals surface area (Å²) < 4.78 is 4.86. The second kappa shape index (κ2) is 7.24. The normalized spacial score (nSPS) is 10.4. The highest BCUT2D eigenvalue weighted by Crippen LogP contribution is 2.22. The lowest BCUT2D eigenvalue weighted by atomic mass is 10.3. The van der Waals surface area contributed by atoms with E-state index in [1.54, 1.807) is 19.2 Å². The predicted octanol–water partition coefficient (Wildman–Crippen LogP) is 2.58. The van der Waals surface area contributed by atoms with Gasteiger partial charge in [-0.05, 0) is 24.6 Å². The van der Waals surface area contributed by atoms with Gasteiger partial charge in [-0.25, -0.2) is 19.7 Å². The zero-order valence-corrected chi connectivity index (χ0v) is 12.8. The summed E-state index contributed by atoms with van der Waals surface area (Å²) in [4.78, 5) is 23.7. The number of halogens is 1. The monoisotopic (exact) mass is 324 g/mol. The first-order valence-electron chi connectivity index (χ1n) is 6.13. The molecule has 0 aliphatic heterocycles. The number of carbonyl (C=O) groups excluding carboxylic acids is 1. The Kier molecular flexibility index (Phi) is 5.35. The number of nitrogen functional groups attached to an aromatic ring is 1. The van der Waals surface area contributed by atoms with Crippen LogP contribution >= 0.6 is 23.4 Å². The van der Waals surface area contributed by atoms with Crippen LogP contribution in [0.3, 0.4) is 0 Å². The molecule has 2 heterocycles. The van der Waals surface area contributed by atoms with E-state index < -0.39 is 5.97 Å². The Bertz CT molecular complexity index is 654. The van der Waals surface area contributed by atoms with E-state index >= 15 is 0 Å². The SMILES string of the molecule is CCOC(=O)c1cnc(SCc2ccnc(Cl)c2)nc1N. The van der Waals surface area contributed by atoms with E-state index in [0.29, 0.717) is 16.1 Å². The molecule has 8 heteroatoms. The van der Waals surface area contributed by atoms with Crippen molar-refractivity contribution >= 4 is 35.1 Å². The topological polar surface area (TPSA) is 91.0 Å². The van der Waals surface area contributed by atoms with Crippen LogP contribution < -0.4 is 5.73 Å². The molecular weight excluding hydrogens is 312 g/mol. The number of nitrogens with two attached hydrogens (primary N) is 1. The molecule has 110 valence electrons. The molecule has 0 atom stereocenters. The van der Waals surface area contributed by atoms with Crippen molar-refractivity contribution in [2.75, 3.05) is 12.3 Å². The van der Waals surface area contributed by atoms with E-state index in [1.165, 1.54) is 18.0 Å². The highest BCUT2D eigenvalue weighted by atomic mass is 35.5. The zero-order chi connectivity index (χ0) is 15.2. The molecule has 2 rings (SSSR count). The van der Waals surface area contributed by atoms with Crippen molar-refractivity contribution in [3.8, 4) is 0 Å². The van der Waals surface area contributed by atoms with Gasteiger partial charge in [0.05, 0.1) is 6.61 Å². The van der Waals surface area contributed by atoms with E-state index in [4.69, 9.17) is 22.1 Å². The molecule has 6 nitrogen and oxygen atoms in total. The summed E-state index contributed by atoms with van der Waals surface area (Å²) in [5.74, 6) is 0.214. The van der Waals surface area contributed by atoms with Gasteiger partial charge in [-0.2, -0.15) is 0 Å². The fraction of sp³-hybridized carbons (Fsp3) is 0.231. The molecule has 0 saturated carbocycles. The number of thioether (sulfide) groups is 1. The Balaban J connectivity index is 2.05. The molecule has 2 aromatic rings. The zero-order valence-electron chi connectivity index (χ0n) is 11.2. The largest absolute Gasteiger partial charge is 0.462 e. The lowest BCUT2D eigenvalue weighted by Crippen LogP contribution is -2.10. The van der Waals surface area contributed by atoms with Gasteiger partial charge in [0, 0.05) is 18.1 Å². The van der Waals surface area contributed by atoms with E-state index in [0.717, 1.165) is 5.56 Å². The van der Waals surface area contributed by atoms with Gasteiger partial charge in [0.1, 0.15) is 16.5 Å². The van der Waals surface area contributed by atoms with Crippen LogP contribution in [0.1, 0.15) is 22.8 Å². The van der Waals surface area contributed by atoms with Crippen molar-refractivity contribution in [1.82, 2.24) is 15.0 Å². The van der Waals surface area contributed by atoms with Crippen molar-refractivity contribution < 1.29 is 9.53 Å². The van der Waals surface area contributed by atoms with Crippen molar-refractivity contribution in [1.29, 1.82) is 0 Å². The quantitative estimate of drug-likeness (QED) is 0.391. The summed E-state index contributed by atoms with van der Waals surface area (Å²) in [6.45, 7) is 2.00. The summed E-state index contributed by atoms with van der Waals surface area (Å²) in [5.41, 5.74) is 6.92.